The van der Waals surface area contributed by atoms with Crippen LogP contribution in [0.15, 0.2) is 48.5 Å². The molecule has 3 N–H and O–H groups in total. The summed E-state index contributed by atoms with van der Waals surface area (Å²) in [5.41, 5.74) is 4.09. The summed E-state index contributed by atoms with van der Waals surface area (Å²) in [7, 11) is 0. The molecule has 0 radical (unpaired) electrons. The minimum absolute atomic E-state index is 0.0514. The standard InChI is InChI=1S/C27H34N2O5/c1-16(2)24(25(31)32)29-23(30)14-22(27(3,4)5)28-26(33)34-15-21-19-12-8-6-10-17(19)18-11-7-9-13-20(18)21/h6-13,16,21-22,24H,14-15H2,1-5H3,(H,28,33)(H,29,30)(H,31,32)/t22?,24-/m1/s1. The Morgan fingerprint density at radius 1 is 0.941 bits per heavy atom. The first-order valence-corrected chi connectivity index (χ1v) is 11.6. The van der Waals surface area contributed by atoms with E-state index in [1.165, 1.54) is 0 Å². The molecule has 2 atom stereocenters. The third-order valence-corrected chi connectivity index (χ3v) is 6.32. The number of carboxylic acids is 1. The van der Waals surface area contributed by atoms with Crippen molar-refractivity contribution in [3.63, 3.8) is 0 Å². The van der Waals surface area contributed by atoms with Crippen LogP contribution in [0.3, 0.4) is 0 Å². The molecular weight excluding hydrogens is 432 g/mol. The Morgan fingerprint density at radius 3 is 1.94 bits per heavy atom. The highest BCUT2D eigenvalue weighted by Gasteiger charge is 2.33. The quantitative estimate of drug-likeness (QED) is 0.529. The van der Waals surface area contributed by atoms with Gasteiger partial charge in [-0.15, -0.1) is 0 Å². The van der Waals surface area contributed by atoms with Gasteiger partial charge in [0.25, 0.3) is 0 Å². The van der Waals surface area contributed by atoms with Gasteiger partial charge in [0.2, 0.25) is 5.91 Å². The number of ether oxygens (including phenoxy) is 1. The first-order valence-electron chi connectivity index (χ1n) is 11.6. The van der Waals surface area contributed by atoms with Crippen LogP contribution in [-0.2, 0) is 14.3 Å². The van der Waals surface area contributed by atoms with Crippen LogP contribution in [0.1, 0.15) is 58.1 Å². The highest BCUT2D eigenvalue weighted by atomic mass is 16.5. The van der Waals surface area contributed by atoms with E-state index in [0.717, 1.165) is 22.3 Å². The second-order valence-corrected chi connectivity index (χ2v) is 10.2. The van der Waals surface area contributed by atoms with Crippen molar-refractivity contribution >= 4 is 18.0 Å². The first kappa shape index (κ1) is 25.3. The minimum atomic E-state index is -1.08. The average Bonchev–Trinajstić information content (AvgIpc) is 3.08. The molecule has 7 heteroatoms. The van der Waals surface area contributed by atoms with Gasteiger partial charge in [-0.25, -0.2) is 9.59 Å². The molecule has 3 rings (SSSR count). The zero-order valence-electron chi connectivity index (χ0n) is 20.4. The molecule has 0 aromatic heterocycles. The maximum absolute atomic E-state index is 12.7. The topological polar surface area (TPSA) is 105 Å². The van der Waals surface area contributed by atoms with Gasteiger partial charge in [-0.05, 0) is 33.6 Å². The van der Waals surface area contributed by atoms with Crippen LogP contribution >= 0.6 is 0 Å². The van der Waals surface area contributed by atoms with Crippen LogP contribution in [0.2, 0.25) is 0 Å². The summed E-state index contributed by atoms with van der Waals surface area (Å²) in [6.45, 7) is 9.37. The summed E-state index contributed by atoms with van der Waals surface area (Å²) in [5, 5.41) is 14.7. The fourth-order valence-corrected chi connectivity index (χ4v) is 4.29. The molecule has 1 unspecified atom stereocenters. The van der Waals surface area contributed by atoms with Gasteiger partial charge in [-0.3, -0.25) is 4.79 Å². The number of rotatable bonds is 8. The van der Waals surface area contributed by atoms with E-state index in [1.807, 2.05) is 45.0 Å². The van der Waals surface area contributed by atoms with Gasteiger partial charge < -0.3 is 20.5 Å². The van der Waals surface area contributed by atoms with Crippen molar-refractivity contribution in [2.24, 2.45) is 11.3 Å². The highest BCUT2D eigenvalue weighted by Crippen LogP contribution is 2.44. The van der Waals surface area contributed by atoms with Gasteiger partial charge in [0.15, 0.2) is 0 Å². The number of hydrogen-bond donors (Lipinski definition) is 3. The molecule has 0 fully saturated rings. The summed E-state index contributed by atoms with van der Waals surface area (Å²) >= 11 is 0. The lowest BCUT2D eigenvalue weighted by Crippen LogP contribution is -2.50. The number of benzene rings is 2. The molecule has 0 aliphatic heterocycles. The third kappa shape index (κ3) is 5.76. The minimum Gasteiger partial charge on any atom is -0.480 e. The molecule has 2 aromatic carbocycles. The predicted octanol–water partition coefficient (Wildman–Crippen LogP) is 4.56. The molecule has 1 aliphatic carbocycles. The second kappa shape index (κ2) is 10.3. The molecule has 0 bridgehead atoms. The summed E-state index contributed by atoms with van der Waals surface area (Å²) in [6.07, 6.45) is -0.655. The molecular formula is C27H34N2O5. The van der Waals surface area contributed by atoms with Crippen molar-refractivity contribution in [3.05, 3.63) is 59.7 Å². The van der Waals surface area contributed by atoms with E-state index in [9.17, 15) is 19.5 Å². The Morgan fingerprint density at radius 2 is 1.47 bits per heavy atom. The average molecular weight is 467 g/mol. The molecule has 0 spiro atoms. The maximum Gasteiger partial charge on any atom is 0.407 e. The van der Waals surface area contributed by atoms with Crippen LogP contribution < -0.4 is 10.6 Å². The number of carbonyl (C=O) groups excluding carboxylic acids is 2. The smallest absolute Gasteiger partial charge is 0.407 e. The molecule has 7 nitrogen and oxygen atoms in total. The fourth-order valence-electron chi connectivity index (χ4n) is 4.29. The SMILES string of the molecule is CC(C)[C@@H](NC(=O)CC(NC(=O)OCC1c2ccccc2-c2ccccc21)C(C)(C)C)C(=O)O. The fraction of sp³-hybridized carbons (Fsp3) is 0.444. The lowest BCUT2D eigenvalue weighted by atomic mass is 9.84. The van der Waals surface area contributed by atoms with Crippen LogP contribution in [0.4, 0.5) is 4.79 Å². The maximum atomic E-state index is 12.7. The zero-order valence-corrected chi connectivity index (χ0v) is 20.4. The van der Waals surface area contributed by atoms with Crippen LogP contribution in [0.25, 0.3) is 11.1 Å². The molecule has 34 heavy (non-hydrogen) atoms. The van der Waals surface area contributed by atoms with Gasteiger partial charge >= 0.3 is 12.1 Å². The van der Waals surface area contributed by atoms with E-state index in [2.05, 4.69) is 34.9 Å². The van der Waals surface area contributed by atoms with Gasteiger partial charge in [-0.1, -0.05) is 83.1 Å². The Labute approximate surface area is 200 Å². The van der Waals surface area contributed by atoms with E-state index in [0.29, 0.717) is 0 Å². The van der Waals surface area contributed by atoms with Crippen LogP contribution in [0, 0.1) is 11.3 Å². The Hall–Kier alpha value is -3.35. The van der Waals surface area contributed by atoms with Crippen molar-refractivity contribution in [2.75, 3.05) is 6.61 Å². The monoisotopic (exact) mass is 466 g/mol. The zero-order chi connectivity index (χ0) is 25.0. The van der Waals surface area contributed by atoms with E-state index in [1.54, 1.807) is 13.8 Å². The normalized spacial score (nSPS) is 14.6. The van der Waals surface area contributed by atoms with Gasteiger partial charge in [0, 0.05) is 18.4 Å². The Kier molecular flexibility index (Phi) is 7.64. The lowest BCUT2D eigenvalue weighted by Gasteiger charge is -2.31. The van der Waals surface area contributed by atoms with Crippen molar-refractivity contribution in [2.45, 2.75) is 59.0 Å². The lowest BCUT2D eigenvalue weighted by molar-refractivity contribution is -0.143. The molecule has 0 saturated heterocycles. The molecule has 0 heterocycles. The Balaban J connectivity index is 1.65. The number of carboxylic acid groups (broad SMARTS) is 1. The summed E-state index contributed by atoms with van der Waals surface area (Å²) < 4.78 is 5.63. The number of amides is 2. The van der Waals surface area contributed by atoms with Crippen molar-refractivity contribution in [1.29, 1.82) is 0 Å². The van der Waals surface area contributed by atoms with Gasteiger partial charge in [-0.2, -0.15) is 0 Å². The molecule has 0 saturated carbocycles. The van der Waals surface area contributed by atoms with Crippen molar-refractivity contribution < 1.29 is 24.2 Å². The van der Waals surface area contributed by atoms with Gasteiger partial charge in [0.1, 0.15) is 12.6 Å². The summed E-state index contributed by atoms with van der Waals surface area (Å²) in [4.78, 5) is 36.7. The Bertz CT molecular complexity index is 1010. The largest absolute Gasteiger partial charge is 0.480 e. The summed E-state index contributed by atoms with van der Waals surface area (Å²) in [6, 6.07) is 14.7. The van der Waals surface area contributed by atoms with Crippen molar-refractivity contribution in [1.82, 2.24) is 10.6 Å². The van der Waals surface area contributed by atoms with Crippen molar-refractivity contribution in [3.8, 4) is 11.1 Å². The summed E-state index contributed by atoms with van der Waals surface area (Å²) in [5.74, 6) is -1.83. The molecule has 1 aliphatic rings. The predicted molar refractivity (Wildman–Crippen MR) is 130 cm³/mol. The first-order chi connectivity index (χ1) is 16.0. The number of aliphatic carboxylic acids is 1. The molecule has 182 valence electrons. The number of carbonyl (C=O) groups is 3. The van der Waals surface area contributed by atoms with E-state index < -0.39 is 35.5 Å². The van der Waals surface area contributed by atoms with E-state index in [4.69, 9.17) is 4.74 Å². The van der Waals surface area contributed by atoms with Crippen LogP contribution in [-0.4, -0.2) is 41.8 Å². The molecule has 2 aromatic rings. The van der Waals surface area contributed by atoms with E-state index in [-0.39, 0.29) is 24.9 Å². The second-order valence-electron chi connectivity index (χ2n) is 10.2. The van der Waals surface area contributed by atoms with E-state index >= 15 is 0 Å². The third-order valence-electron chi connectivity index (χ3n) is 6.32. The van der Waals surface area contributed by atoms with Gasteiger partial charge in [0.05, 0.1) is 0 Å². The highest BCUT2D eigenvalue weighted by molar-refractivity contribution is 5.84. The molecule has 2 amide bonds. The number of fused-ring (bicyclic) bond motifs is 3. The number of nitrogens with one attached hydrogen (secondary N) is 2. The number of hydrogen-bond acceptors (Lipinski definition) is 4. The number of alkyl carbamates (subject to hydrolysis) is 1. The van der Waals surface area contributed by atoms with Crippen LogP contribution in [0.5, 0.6) is 0 Å².